The Morgan fingerprint density at radius 1 is 1.00 bits per heavy atom. The molecular formula is C33H51N7O7. The van der Waals surface area contributed by atoms with Gasteiger partial charge in [0.2, 0.25) is 23.5 Å². The van der Waals surface area contributed by atoms with Gasteiger partial charge in [-0.2, -0.15) is 0 Å². The van der Waals surface area contributed by atoms with Crippen LogP contribution in [0, 0.1) is 34.0 Å². The topological polar surface area (TPSA) is 186 Å². The van der Waals surface area contributed by atoms with E-state index in [1.165, 1.54) is 11.0 Å². The van der Waals surface area contributed by atoms with Crippen molar-refractivity contribution in [1.82, 2.24) is 36.4 Å². The van der Waals surface area contributed by atoms with Crippen molar-refractivity contribution in [3.8, 4) is 0 Å². The lowest BCUT2D eigenvalue weighted by Crippen LogP contribution is -2.63. The Morgan fingerprint density at radius 2 is 1.64 bits per heavy atom. The fraction of sp³-hybridized carbons (Fsp3) is 0.727. The fourth-order valence-electron chi connectivity index (χ4n) is 6.78. The number of carbonyl (C=O) groups excluding carboxylic acids is 7. The summed E-state index contributed by atoms with van der Waals surface area (Å²) in [7, 11) is 0. The standard InChI is InChI=1S/C33H51N7O7/c1-10-13-34-27(44)24(42)22(17-11-12-17)37-26(43)23-21-18(33(21,8)9)15-40(23)28(45)25(32(5,6)7)38-29(46)36-19(31(2,3)4)16-39-20(41)14-35-30(39)47/h10,17-19,21-23,25H,1,11-16H2,2-9H3,(H,34,44)(H,35,47)(H,37,43)(H2,36,38,46)/t18-,19+,21-,22?,23-,25+/m0/s1. The molecule has 0 aromatic heterocycles. The van der Waals surface area contributed by atoms with Gasteiger partial charge in [-0.3, -0.25) is 28.9 Å². The van der Waals surface area contributed by atoms with Crippen LogP contribution < -0.4 is 26.6 Å². The van der Waals surface area contributed by atoms with Gasteiger partial charge >= 0.3 is 12.1 Å². The molecule has 4 rings (SSSR count). The van der Waals surface area contributed by atoms with Gasteiger partial charge < -0.3 is 31.5 Å². The van der Waals surface area contributed by atoms with E-state index in [-0.39, 0.29) is 42.8 Å². The van der Waals surface area contributed by atoms with Crippen molar-refractivity contribution in [2.75, 3.05) is 26.2 Å². The second-order valence-corrected chi connectivity index (χ2v) is 16.1. The molecule has 2 saturated carbocycles. The molecule has 2 heterocycles. The molecule has 14 heteroatoms. The minimum atomic E-state index is -1.04. The Balaban J connectivity index is 1.52. The van der Waals surface area contributed by atoms with Crippen LogP contribution in [0.15, 0.2) is 12.7 Å². The highest BCUT2D eigenvalue weighted by atomic mass is 16.2. The summed E-state index contributed by atoms with van der Waals surface area (Å²) >= 11 is 0. The molecule has 0 radical (unpaired) electrons. The molecule has 0 aromatic carbocycles. The third-order valence-electron chi connectivity index (χ3n) is 10.1. The van der Waals surface area contributed by atoms with Gasteiger partial charge in [0, 0.05) is 13.1 Å². The predicted molar refractivity (Wildman–Crippen MR) is 172 cm³/mol. The lowest BCUT2D eigenvalue weighted by atomic mass is 9.85. The van der Waals surface area contributed by atoms with Crippen LogP contribution >= 0.6 is 0 Å². The molecule has 6 atom stereocenters. The maximum absolute atomic E-state index is 14.3. The van der Waals surface area contributed by atoms with Gasteiger partial charge in [-0.25, -0.2) is 9.59 Å². The number of nitrogens with zero attached hydrogens (tertiary/aromatic N) is 2. The largest absolute Gasteiger partial charge is 0.346 e. The molecule has 4 aliphatic rings. The Hall–Kier alpha value is -3.97. The van der Waals surface area contributed by atoms with Crippen LogP contribution in [0.1, 0.15) is 68.2 Å². The van der Waals surface area contributed by atoms with Gasteiger partial charge in [0.05, 0.1) is 19.1 Å². The maximum atomic E-state index is 14.3. The average molecular weight is 658 g/mol. The number of piperidine rings is 1. The number of hydrogen-bond acceptors (Lipinski definition) is 7. The van der Waals surface area contributed by atoms with Crippen LogP contribution in [0.25, 0.3) is 0 Å². The van der Waals surface area contributed by atoms with Crippen LogP contribution in [0.2, 0.25) is 0 Å². The molecule has 0 spiro atoms. The van der Waals surface area contributed by atoms with E-state index in [0.717, 1.165) is 4.90 Å². The molecule has 5 N–H and O–H groups in total. The molecule has 260 valence electrons. The van der Waals surface area contributed by atoms with Gasteiger partial charge in [-0.1, -0.05) is 61.5 Å². The van der Waals surface area contributed by atoms with Crippen molar-refractivity contribution in [3.63, 3.8) is 0 Å². The van der Waals surface area contributed by atoms with E-state index in [4.69, 9.17) is 0 Å². The molecule has 4 fully saturated rings. The smallest absolute Gasteiger partial charge is 0.324 e. The predicted octanol–water partition coefficient (Wildman–Crippen LogP) is 0.916. The van der Waals surface area contributed by atoms with Crippen molar-refractivity contribution >= 4 is 41.5 Å². The summed E-state index contributed by atoms with van der Waals surface area (Å²) in [4.78, 5) is 94.3. The zero-order valence-electron chi connectivity index (χ0n) is 28.8. The zero-order chi connectivity index (χ0) is 35.2. The molecular weight excluding hydrogens is 606 g/mol. The van der Waals surface area contributed by atoms with Gasteiger partial charge in [0.25, 0.3) is 5.91 Å². The number of nitrogens with one attached hydrogen (secondary N) is 5. The Kier molecular flexibility index (Phi) is 9.86. The average Bonchev–Trinajstić information content (AvgIpc) is 3.80. The van der Waals surface area contributed by atoms with Crippen molar-refractivity contribution in [2.24, 2.45) is 34.0 Å². The van der Waals surface area contributed by atoms with Crippen LogP contribution in [0.3, 0.4) is 0 Å². The number of hydrogen-bond donors (Lipinski definition) is 5. The van der Waals surface area contributed by atoms with Crippen molar-refractivity contribution in [2.45, 2.75) is 92.4 Å². The summed E-state index contributed by atoms with van der Waals surface area (Å²) in [6.45, 7) is 18.9. The molecule has 2 saturated heterocycles. The van der Waals surface area contributed by atoms with Crippen molar-refractivity contribution < 1.29 is 33.6 Å². The molecule has 0 bridgehead atoms. The van der Waals surface area contributed by atoms with E-state index < -0.39 is 76.5 Å². The first-order valence-electron chi connectivity index (χ1n) is 16.4. The van der Waals surface area contributed by atoms with Gasteiger partial charge in [-0.05, 0) is 46.8 Å². The van der Waals surface area contributed by atoms with E-state index in [0.29, 0.717) is 19.4 Å². The highest BCUT2D eigenvalue weighted by molar-refractivity contribution is 6.38. The summed E-state index contributed by atoms with van der Waals surface area (Å²) in [5, 5.41) is 13.5. The number of urea groups is 2. The number of imide groups is 1. The maximum Gasteiger partial charge on any atom is 0.324 e. The van der Waals surface area contributed by atoms with Crippen LogP contribution in [-0.2, 0) is 24.0 Å². The number of fused-ring (bicyclic) bond motifs is 1. The Labute approximate surface area is 276 Å². The molecule has 0 aromatic rings. The van der Waals surface area contributed by atoms with Crippen LogP contribution in [0.5, 0.6) is 0 Å². The van der Waals surface area contributed by atoms with Crippen LogP contribution in [0.4, 0.5) is 9.59 Å². The zero-order valence-corrected chi connectivity index (χ0v) is 28.8. The van der Waals surface area contributed by atoms with Crippen molar-refractivity contribution in [1.29, 1.82) is 0 Å². The van der Waals surface area contributed by atoms with Gasteiger partial charge in [-0.15, -0.1) is 6.58 Å². The monoisotopic (exact) mass is 657 g/mol. The molecule has 1 unspecified atom stereocenters. The third kappa shape index (κ3) is 7.62. The van der Waals surface area contributed by atoms with Crippen LogP contribution in [-0.4, -0.2) is 102 Å². The number of rotatable bonds is 12. The molecule has 47 heavy (non-hydrogen) atoms. The Morgan fingerprint density at radius 3 is 2.15 bits per heavy atom. The SMILES string of the molecule is C=CCNC(=O)C(=O)C(NC(=O)[C@@H]1[C@@H]2[C@H](CN1C(=O)[C@@H](NC(=O)N[C@H](CN1C(=O)CNC1=O)C(C)(C)C)C(C)(C)C)C2(C)C)C1CC1. The Bertz CT molecular complexity index is 1330. The van der Waals surface area contributed by atoms with Crippen molar-refractivity contribution in [3.05, 3.63) is 12.7 Å². The normalized spacial score (nSPS) is 25.1. The van der Waals surface area contributed by atoms with E-state index >= 15 is 0 Å². The quantitative estimate of drug-likeness (QED) is 0.117. The molecule has 2 aliphatic heterocycles. The number of likely N-dealkylation sites (tertiary alicyclic amines) is 1. The number of ketones is 1. The molecule has 14 nitrogen and oxygen atoms in total. The second-order valence-electron chi connectivity index (χ2n) is 16.1. The second kappa shape index (κ2) is 12.9. The first kappa shape index (κ1) is 35.9. The number of carbonyl (C=O) groups is 7. The minimum absolute atomic E-state index is 0.0466. The van der Waals surface area contributed by atoms with Gasteiger partial charge in [0.1, 0.15) is 18.1 Å². The van der Waals surface area contributed by atoms with E-state index in [1.54, 1.807) is 0 Å². The molecule has 8 amide bonds. The van der Waals surface area contributed by atoms with Gasteiger partial charge in [0.15, 0.2) is 0 Å². The first-order valence-corrected chi connectivity index (χ1v) is 16.4. The first-order chi connectivity index (χ1) is 21.7. The lowest BCUT2D eigenvalue weighted by molar-refractivity contribution is -0.145. The number of amides is 8. The highest BCUT2D eigenvalue weighted by Crippen LogP contribution is 2.65. The summed E-state index contributed by atoms with van der Waals surface area (Å²) in [5.41, 5.74) is -1.53. The van der Waals surface area contributed by atoms with E-state index in [9.17, 15) is 33.6 Å². The van der Waals surface area contributed by atoms with E-state index in [1.807, 2.05) is 55.4 Å². The number of Topliss-reactive ketones (excluding diaryl/α,β-unsaturated/α-hetero) is 1. The minimum Gasteiger partial charge on any atom is -0.346 e. The summed E-state index contributed by atoms with van der Waals surface area (Å²) in [6.07, 6.45) is 2.87. The molecule has 2 aliphatic carbocycles. The highest BCUT2D eigenvalue weighted by Gasteiger charge is 2.70. The summed E-state index contributed by atoms with van der Waals surface area (Å²) in [6, 6.07) is -4.74. The summed E-state index contributed by atoms with van der Waals surface area (Å²) in [5.74, 6) is -3.09. The fourth-order valence-corrected chi connectivity index (χ4v) is 6.78. The van der Waals surface area contributed by atoms with E-state index in [2.05, 4.69) is 33.2 Å². The third-order valence-corrected chi connectivity index (χ3v) is 10.1. The summed E-state index contributed by atoms with van der Waals surface area (Å²) < 4.78 is 0. The lowest BCUT2D eigenvalue weighted by Gasteiger charge is -2.39.